The van der Waals surface area contributed by atoms with E-state index in [2.05, 4.69) is 297 Å². The lowest BCUT2D eigenvalue weighted by molar-refractivity contribution is 0.510. The molecule has 0 fully saturated rings. The number of aromatic nitrogens is 6. The van der Waals surface area contributed by atoms with E-state index in [1.807, 2.05) is 41.7 Å². The highest BCUT2D eigenvalue weighted by molar-refractivity contribution is 7.13. The minimum Gasteiger partial charge on any atom is -0.465 e. The number of aromatic amines is 1. The maximum Gasteiger partial charge on any atom is 0.137 e. The Morgan fingerprint density at radius 3 is 0.925 bits per heavy atom. The predicted octanol–water partition coefficient (Wildman–Crippen LogP) is 27.6. The van der Waals surface area contributed by atoms with E-state index in [4.69, 9.17) is 8.83 Å². The number of thiophene rings is 1. The normalized spacial score (nSPS) is 11.3. The van der Waals surface area contributed by atoms with Crippen molar-refractivity contribution in [2.75, 3.05) is 0 Å². The van der Waals surface area contributed by atoms with E-state index in [9.17, 15) is 0 Å². The number of nitrogens with one attached hydrogen (secondary N) is 1. The molecule has 0 aliphatic carbocycles. The zero-order valence-electron chi connectivity index (χ0n) is 74.0. The second-order valence-corrected chi connectivity index (χ2v) is 33.3. The smallest absolute Gasteiger partial charge is 0.137 e. The van der Waals surface area contributed by atoms with Crippen LogP contribution in [0.2, 0.25) is 0 Å². The van der Waals surface area contributed by atoms with Crippen molar-refractivity contribution in [3.05, 3.63) is 223 Å². The highest BCUT2D eigenvalue weighted by atomic mass is 32.1. The van der Waals surface area contributed by atoms with Crippen LogP contribution in [-0.4, -0.2) is 29.1 Å². The third kappa shape index (κ3) is 14.0. The van der Waals surface area contributed by atoms with Crippen molar-refractivity contribution in [2.45, 2.75) is 277 Å². The molecule has 7 heterocycles. The number of fused-ring (bicyclic) bond motifs is 7. The molecule has 0 amide bonds. The lowest BCUT2D eigenvalue weighted by Gasteiger charge is -2.12. The number of benzene rings is 7. The van der Waals surface area contributed by atoms with Gasteiger partial charge in [-0.25, -0.2) is 0 Å². The first-order chi connectivity index (χ1) is 49.1. The number of rotatable bonds is 0. The molecule has 1 N–H and O–H groups in total. The number of aryl methyl sites for hydroxylation is 28. The number of H-pyrrole nitrogens is 1. The minimum atomic E-state index is 1.04. The quantitative estimate of drug-likeness (QED) is 0.164. The van der Waals surface area contributed by atoms with Crippen molar-refractivity contribution < 1.29 is 8.83 Å². The Bertz CT molecular complexity index is 5080. The Balaban J connectivity index is 0.000000156. The maximum absolute atomic E-state index is 5.85. The Kier molecular flexibility index (Phi) is 24.4. The fraction of sp³-hybridized carbons (Fsp3) is 0.443. The zero-order valence-corrected chi connectivity index (χ0v) is 74.8. The van der Waals surface area contributed by atoms with Crippen LogP contribution in [0.5, 0.6) is 0 Å². The lowest BCUT2D eigenvalue weighted by atomic mass is 9.92. The second kappa shape index (κ2) is 31.1. The third-order valence-corrected chi connectivity index (χ3v) is 27.8. The van der Waals surface area contributed by atoms with Gasteiger partial charge in [0.05, 0.1) is 16.7 Å². The summed E-state index contributed by atoms with van der Waals surface area (Å²) in [6.07, 6.45) is 0. The lowest BCUT2D eigenvalue weighted by Crippen LogP contribution is -1.97. The molecule has 106 heavy (non-hydrogen) atoms. The van der Waals surface area contributed by atoms with E-state index in [1.165, 1.54) is 264 Å². The van der Waals surface area contributed by atoms with Crippen LogP contribution in [0, 0.1) is 277 Å². The van der Waals surface area contributed by atoms with E-state index in [0.717, 1.165) is 34.1 Å². The summed E-state index contributed by atoms with van der Waals surface area (Å²) < 4.78 is 17.9. The standard InChI is InChI=1S/C15H21N.C14H19N.2C14H18O.C14H18S.2C13H18N2/c1-8-9(2)11(4)15-13(6)16(7)12(5)14(15)10(8)3;2*1-7-8(2)10(4)14-12(6)15-11(5)13(14)9(7)3;1-7-8(2)10(4)14-13(9(7)3)11(5)12(6)15-14;1-7-8(2)10(4)14-12(6)15-11(5)13(14)9(7)3;1-7-8(2)10(4)13-12(9(7)3)11(5)15(6)14-13;1-7-8(2)10(4)13-12(9(7)3)11(5)14-15(13)6/h1-7H3;15H,1-6H3;5*1-6H3. The summed E-state index contributed by atoms with van der Waals surface area (Å²) in [7, 11) is 6.20. The molecule has 0 unspecified atom stereocenters. The van der Waals surface area contributed by atoms with Crippen LogP contribution in [0.4, 0.5) is 0 Å². The van der Waals surface area contributed by atoms with Gasteiger partial charge in [0.15, 0.2) is 0 Å². The van der Waals surface area contributed by atoms with Crippen molar-refractivity contribution in [1.29, 1.82) is 0 Å². The van der Waals surface area contributed by atoms with Crippen LogP contribution >= 0.6 is 11.3 Å². The number of hydrogen-bond acceptors (Lipinski definition) is 5. The van der Waals surface area contributed by atoms with Crippen molar-refractivity contribution in [3.63, 3.8) is 0 Å². The zero-order chi connectivity index (χ0) is 80.2. The topological polar surface area (TPSA) is 82.6 Å². The van der Waals surface area contributed by atoms with E-state index >= 15 is 0 Å². The molecule has 566 valence electrons. The van der Waals surface area contributed by atoms with Gasteiger partial charge in [0.2, 0.25) is 0 Å². The fourth-order valence-corrected chi connectivity index (χ4v) is 18.7. The Labute approximate surface area is 641 Å². The van der Waals surface area contributed by atoms with Gasteiger partial charge in [0, 0.05) is 108 Å². The van der Waals surface area contributed by atoms with Crippen LogP contribution in [-0.2, 0) is 21.1 Å². The van der Waals surface area contributed by atoms with Crippen LogP contribution in [0.3, 0.4) is 0 Å². The molecule has 8 nitrogen and oxygen atoms in total. The predicted molar refractivity (Wildman–Crippen MR) is 466 cm³/mol. The van der Waals surface area contributed by atoms with Gasteiger partial charge < -0.3 is 18.4 Å². The largest absolute Gasteiger partial charge is 0.465 e. The van der Waals surface area contributed by atoms with Crippen molar-refractivity contribution in [1.82, 2.24) is 29.1 Å². The molecule has 0 aliphatic rings. The molecule has 0 atom stereocenters. The molecule has 14 rings (SSSR count). The molecule has 0 saturated carbocycles. The Morgan fingerprint density at radius 1 is 0.236 bits per heavy atom. The van der Waals surface area contributed by atoms with E-state index in [1.54, 1.807) is 0 Å². The molecule has 0 radical (unpaired) electrons. The summed E-state index contributed by atoms with van der Waals surface area (Å²) in [6, 6.07) is 0. The van der Waals surface area contributed by atoms with Gasteiger partial charge in [-0.15, -0.1) is 11.3 Å². The van der Waals surface area contributed by atoms with Crippen LogP contribution in [0.15, 0.2) is 8.83 Å². The summed E-state index contributed by atoms with van der Waals surface area (Å²) in [6.45, 7) is 87.6. The van der Waals surface area contributed by atoms with Gasteiger partial charge in [-0.2, -0.15) is 10.2 Å². The Hall–Kier alpha value is -8.40. The van der Waals surface area contributed by atoms with Crippen LogP contribution in [0.1, 0.15) is 223 Å². The van der Waals surface area contributed by atoms with Gasteiger partial charge in [-0.05, 0) is 449 Å². The fourth-order valence-electron chi connectivity index (χ4n) is 17.5. The third-order valence-electron chi connectivity index (χ3n) is 26.8. The highest BCUT2D eigenvalue weighted by Crippen LogP contribution is 2.42. The molecule has 0 spiro atoms. The summed E-state index contributed by atoms with van der Waals surface area (Å²) >= 11 is 1.93. The molecule has 0 bridgehead atoms. The molecular weight excluding hydrogens is 1310 g/mol. The number of furan rings is 2. The van der Waals surface area contributed by atoms with E-state index in [0.29, 0.717) is 0 Å². The van der Waals surface area contributed by atoms with Crippen molar-refractivity contribution >= 4 is 87.2 Å². The number of nitrogens with zero attached hydrogens (tertiary/aromatic N) is 5. The molecule has 7 aromatic carbocycles. The van der Waals surface area contributed by atoms with Crippen molar-refractivity contribution in [3.8, 4) is 0 Å². The van der Waals surface area contributed by atoms with E-state index < -0.39 is 0 Å². The number of hydrogen-bond donors (Lipinski definition) is 1. The summed E-state index contributed by atoms with van der Waals surface area (Å²) in [5.41, 5.74) is 51.8. The van der Waals surface area contributed by atoms with Crippen LogP contribution < -0.4 is 0 Å². The first-order valence-corrected chi connectivity index (χ1v) is 39.1. The van der Waals surface area contributed by atoms with Crippen molar-refractivity contribution in [2.24, 2.45) is 21.1 Å². The molecule has 9 heteroatoms. The SMILES string of the molecule is Cc1c(C)c(C)c2c(C)[nH]c(C)c2c1C.Cc1c(C)c(C)c2c(C)n(C)c(C)c2c1C.Cc1c(C)c(C)c2c(C)n(C)nc2c1C.Cc1c(C)c(C)c2c(C)oc(C)c2c1C.Cc1c(C)c(C)c2c(C)sc(C)c2c1C.Cc1c(C)c(C)c2c(c(C)nn2C)c1C.Cc1oc2c(C)c(C)c(C)c(C)c2c1C. The van der Waals surface area contributed by atoms with E-state index in [-0.39, 0.29) is 0 Å². The average molecular weight is 1440 g/mol. The average Bonchev–Trinajstić information content (AvgIpc) is 1.61. The van der Waals surface area contributed by atoms with Gasteiger partial charge >= 0.3 is 0 Å². The molecule has 7 aromatic heterocycles. The minimum absolute atomic E-state index is 1.04. The summed E-state index contributed by atoms with van der Waals surface area (Å²) in [5.74, 6) is 3.14. The summed E-state index contributed by atoms with van der Waals surface area (Å²) in [5, 5.41) is 24.5. The maximum atomic E-state index is 5.85. The summed E-state index contributed by atoms with van der Waals surface area (Å²) in [4.78, 5) is 6.38. The Morgan fingerprint density at radius 2 is 0.538 bits per heavy atom. The second-order valence-electron chi connectivity index (χ2n) is 31.9. The molecule has 0 aliphatic heterocycles. The first-order valence-electron chi connectivity index (χ1n) is 38.3. The van der Waals surface area contributed by atoms with Gasteiger partial charge in [0.1, 0.15) is 22.9 Å². The first kappa shape index (κ1) is 83.2. The highest BCUT2D eigenvalue weighted by Gasteiger charge is 2.23. The molecule has 0 saturated heterocycles. The molecule has 14 aromatic rings. The van der Waals surface area contributed by atoms with Gasteiger partial charge in [0.25, 0.3) is 0 Å². The monoisotopic (exact) mass is 1440 g/mol. The van der Waals surface area contributed by atoms with Crippen LogP contribution in [0.25, 0.3) is 75.9 Å². The molecular formula is C97H130N6O2S. The van der Waals surface area contributed by atoms with Gasteiger partial charge in [-0.3, -0.25) is 9.36 Å². The van der Waals surface area contributed by atoms with Gasteiger partial charge in [-0.1, -0.05) is 0 Å².